The lowest BCUT2D eigenvalue weighted by Gasteiger charge is -2.61. The Morgan fingerprint density at radius 1 is 1.15 bits per heavy atom. The fourth-order valence-electron chi connectivity index (χ4n) is 7.42. The molecule has 2 saturated carbocycles. The van der Waals surface area contributed by atoms with Gasteiger partial charge in [0.25, 0.3) is 0 Å². The first-order valence-electron chi connectivity index (χ1n) is 12.3. The summed E-state index contributed by atoms with van der Waals surface area (Å²) in [5.74, 6) is 0.624. The van der Waals surface area contributed by atoms with Crippen LogP contribution in [0.5, 0.6) is 0 Å². The third kappa shape index (κ3) is 3.92. The number of rotatable bonds is 6. The van der Waals surface area contributed by atoms with Crippen LogP contribution in [0.15, 0.2) is 42.6 Å². The summed E-state index contributed by atoms with van der Waals surface area (Å²) in [6, 6.07) is 10.8. The van der Waals surface area contributed by atoms with Crippen molar-refractivity contribution < 1.29 is 19.0 Å². The summed E-state index contributed by atoms with van der Waals surface area (Å²) in [5, 5.41) is 10.9. The number of methoxy groups -OCH3 is 1. The predicted octanol–water partition coefficient (Wildman–Crippen LogP) is 5.43. The second-order valence-electron chi connectivity index (χ2n) is 11.1. The first-order valence-corrected chi connectivity index (χ1v) is 12.3. The number of nitrogens with zero attached hydrogens (tertiary/aromatic N) is 1. The number of fused-ring (bicyclic) bond motifs is 1. The topological polar surface area (TPSA) is 54.9 Å². The number of aliphatic hydroxyl groups is 1. The number of pyridine rings is 1. The Labute approximate surface area is 196 Å². The highest BCUT2D eigenvalue weighted by Crippen LogP contribution is 2.66. The van der Waals surface area contributed by atoms with Gasteiger partial charge in [-0.05, 0) is 79.5 Å². The lowest BCUT2D eigenvalue weighted by atomic mass is 9.44. The number of halogens is 1. The molecule has 1 aliphatic heterocycles. The molecule has 2 aliphatic carbocycles. The van der Waals surface area contributed by atoms with E-state index in [0.29, 0.717) is 18.4 Å². The van der Waals surface area contributed by atoms with E-state index in [1.165, 1.54) is 6.07 Å². The fourth-order valence-corrected chi connectivity index (χ4v) is 7.42. The summed E-state index contributed by atoms with van der Waals surface area (Å²) in [6.45, 7) is 6.11. The van der Waals surface area contributed by atoms with E-state index >= 15 is 0 Å². The molecule has 3 aliphatic rings. The SMILES string of the molecule is COC[C@@]1(C)[C@H]2CCC3(CO3)[C@@H](CCc3ccc(-c4cccc(F)c4)cn3)[C@]2(C)CC[C@H]1O. The molecule has 6 atom stereocenters. The van der Waals surface area contributed by atoms with E-state index in [1.54, 1.807) is 19.2 Å². The quantitative estimate of drug-likeness (QED) is 0.593. The van der Waals surface area contributed by atoms with Gasteiger partial charge in [0.1, 0.15) is 5.82 Å². The predicted molar refractivity (Wildman–Crippen MR) is 126 cm³/mol. The highest BCUT2D eigenvalue weighted by atomic mass is 19.1. The van der Waals surface area contributed by atoms with E-state index < -0.39 is 0 Å². The third-order valence-electron chi connectivity index (χ3n) is 9.24. The number of aryl methyl sites for hydroxylation is 1. The van der Waals surface area contributed by atoms with Gasteiger partial charge in [-0.15, -0.1) is 0 Å². The van der Waals surface area contributed by atoms with Crippen molar-refractivity contribution in [2.24, 2.45) is 22.7 Å². The Kier molecular flexibility index (Phi) is 5.87. The van der Waals surface area contributed by atoms with Crippen LogP contribution in [0.3, 0.4) is 0 Å². The van der Waals surface area contributed by atoms with Crippen LogP contribution in [0.4, 0.5) is 4.39 Å². The Morgan fingerprint density at radius 3 is 2.64 bits per heavy atom. The summed E-state index contributed by atoms with van der Waals surface area (Å²) in [5.41, 5.74) is 2.74. The largest absolute Gasteiger partial charge is 0.392 e. The molecule has 2 aromatic rings. The maximum Gasteiger partial charge on any atom is 0.123 e. The number of epoxide rings is 1. The van der Waals surface area contributed by atoms with Crippen LogP contribution in [0.25, 0.3) is 11.1 Å². The molecule has 1 spiro atoms. The van der Waals surface area contributed by atoms with Crippen molar-refractivity contribution in [1.29, 1.82) is 0 Å². The standard InChI is InChI=1S/C28H36FNO3/c1-26-13-12-25(31)27(2,17-32-3)23(26)11-14-28(18-33-28)24(26)10-9-22-8-7-20(16-30-22)19-5-4-6-21(29)15-19/h4-8,15-16,23-25,31H,9-14,17-18H2,1-3H3/t23-,24-,25+,26+,27-,28?/m0/s1. The van der Waals surface area contributed by atoms with Gasteiger partial charge in [-0.3, -0.25) is 4.98 Å². The van der Waals surface area contributed by atoms with Crippen LogP contribution in [0, 0.1) is 28.5 Å². The van der Waals surface area contributed by atoms with Crippen LogP contribution in [-0.2, 0) is 15.9 Å². The highest BCUT2D eigenvalue weighted by Gasteiger charge is 2.66. The lowest BCUT2D eigenvalue weighted by molar-refractivity contribution is -0.180. The molecule has 1 aromatic carbocycles. The molecule has 33 heavy (non-hydrogen) atoms. The van der Waals surface area contributed by atoms with E-state index in [-0.39, 0.29) is 28.4 Å². The maximum atomic E-state index is 13.6. The van der Waals surface area contributed by atoms with Gasteiger partial charge in [0.05, 0.1) is 24.9 Å². The van der Waals surface area contributed by atoms with Crippen molar-refractivity contribution >= 4 is 0 Å². The van der Waals surface area contributed by atoms with Gasteiger partial charge < -0.3 is 14.6 Å². The van der Waals surface area contributed by atoms with Crippen molar-refractivity contribution in [3.05, 3.63) is 54.1 Å². The van der Waals surface area contributed by atoms with Crippen molar-refractivity contribution in [1.82, 2.24) is 4.98 Å². The molecular weight excluding hydrogens is 417 g/mol. The molecule has 0 bridgehead atoms. The van der Waals surface area contributed by atoms with Crippen LogP contribution in [-0.4, -0.2) is 42.1 Å². The monoisotopic (exact) mass is 453 g/mol. The van der Waals surface area contributed by atoms with Crippen LogP contribution < -0.4 is 0 Å². The first-order chi connectivity index (χ1) is 15.8. The molecule has 0 radical (unpaired) electrons. The maximum absolute atomic E-state index is 13.6. The molecule has 1 aromatic heterocycles. The van der Waals surface area contributed by atoms with E-state index in [4.69, 9.17) is 14.5 Å². The molecule has 4 nitrogen and oxygen atoms in total. The zero-order chi connectivity index (χ0) is 23.3. The van der Waals surface area contributed by atoms with Gasteiger partial charge in [0, 0.05) is 30.0 Å². The van der Waals surface area contributed by atoms with E-state index in [2.05, 4.69) is 19.9 Å². The minimum atomic E-state index is -0.317. The third-order valence-corrected chi connectivity index (χ3v) is 9.24. The smallest absolute Gasteiger partial charge is 0.123 e. The zero-order valence-electron chi connectivity index (χ0n) is 20.0. The minimum absolute atomic E-state index is 0.00301. The first kappa shape index (κ1) is 22.9. The van der Waals surface area contributed by atoms with Gasteiger partial charge in [-0.25, -0.2) is 4.39 Å². The second-order valence-corrected chi connectivity index (χ2v) is 11.1. The van der Waals surface area contributed by atoms with Gasteiger partial charge in [-0.1, -0.05) is 32.0 Å². The van der Waals surface area contributed by atoms with Gasteiger partial charge in [-0.2, -0.15) is 0 Å². The Hall–Kier alpha value is -1.82. The summed E-state index contributed by atoms with van der Waals surface area (Å²) in [7, 11) is 1.74. The van der Waals surface area contributed by atoms with Crippen LogP contribution in [0.1, 0.15) is 51.6 Å². The Balaban J connectivity index is 1.35. The van der Waals surface area contributed by atoms with Crippen molar-refractivity contribution in [2.45, 2.75) is 64.1 Å². The van der Waals surface area contributed by atoms with Crippen LogP contribution >= 0.6 is 0 Å². The number of aliphatic hydroxyl groups excluding tert-OH is 1. The minimum Gasteiger partial charge on any atom is -0.392 e. The average molecular weight is 454 g/mol. The summed E-state index contributed by atoms with van der Waals surface area (Å²) in [4.78, 5) is 4.71. The second kappa shape index (κ2) is 8.44. The number of hydrogen-bond acceptors (Lipinski definition) is 4. The fraction of sp³-hybridized carbons (Fsp3) is 0.607. The number of aromatic nitrogens is 1. The van der Waals surface area contributed by atoms with Gasteiger partial charge >= 0.3 is 0 Å². The molecule has 178 valence electrons. The van der Waals surface area contributed by atoms with E-state index in [0.717, 1.165) is 62.0 Å². The van der Waals surface area contributed by atoms with Crippen LogP contribution in [0.2, 0.25) is 0 Å². The summed E-state index contributed by atoms with van der Waals surface area (Å²) < 4.78 is 25.3. The molecule has 1 N–H and O–H groups in total. The zero-order valence-corrected chi connectivity index (χ0v) is 20.0. The van der Waals surface area contributed by atoms with Gasteiger partial charge in [0.15, 0.2) is 0 Å². The molecule has 5 heteroatoms. The molecule has 3 fully saturated rings. The Bertz CT molecular complexity index is 991. The summed E-state index contributed by atoms with van der Waals surface area (Å²) >= 11 is 0. The average Bonchev–Trinajstić information content (AvgIpc) is 3.57. The molecule has 1 unspecified atom stereocenters. The normalized spacial score (nSPS) is 37.7. The molecule has 5 rings (SSSR count). The van der Waals surface area contributed by atoms with Crippen molar-refractivity contribution in [3.8, 4) is 11.1 Å². The molecule has 1 saturated heterocycles. The molecule has 2 heterocycles. The summed E-state index contributed by atoms with van der Waals surface area (Å²) in [6.07, 6.45) is 7.46. The number of ether oxygens (including phenoxy) is 2. The van der Waals surface area contributed by atoms with E-state index in [1.807, 2.05) is 18.3 Å². The van der Waals surface area contributed by atoms with Crippen molar-refractivity contribution in [3.63, 3.8) is 0 Å². The number of benzene rings is 1. The van der Waals surface area contributed by atoms with Crippen molar-refractivity contribution in [2.75, 3.05) is 20.3 Å². The Morgan fingerprint density at radius 2 is 1.97 bits per heavy atom. The number of hydrogen-bond donors (Lipinski definition) is 1. The van der Waals surface area contributed by atoms with E-state index in [9.17, 15) is 9.50 Å². The van der Waals surface area contributed by atoms with Gasteiger partial charge in [0.2, 0.25) is 0 Å². The highest BCUT2D eigenvalue weighted by molar-refractivity contribution is 5.62. The molecular formula is C28H36FNO3. The molecule has 0 amide bonds. The lowest BCUT2D eigenvalue weighted by Crippen LogP contribution is -2.60.